The minimum atomic E-state index is -0.743. The third-order valence-corrected chi connectivity index (χ3v) is 4.36. The lowest BCUT2D eigenvalue weighted by Crippen LogP contribution is -2.39. The van der Waals surface area contributed by atoms with Crippen molar-refractivity contribution in [1.29, 1.82) is 0 Å². The number of carbonyl (C=O) groups excluding carboxylic acids is 3. The highest BCUT2D eigenvalue weighted by atomic mass is 35.5. The summed E-state index contributed by atoms with van der Waals surface area (Å²) in [5.41, 5.74) is 7.66. The first-order valence-electron chi connectivity index (χ1n) is 8.66. The van der Waals surface area contributed by atoms with Crippen LogP contribution >= 0.6 is 11.6 Å². The van der Waals surface area contributed by atoms with Crippen LogP contribution in [0.5, 0.6) is 0 Å². The number of hydrogen-bond acceptors (Lipinski definition) is 3. The molecule has 0 aliphatic heterocycles. The molecule has 148 valence electrons. The fourth-order valence-electron chi connectivity index (χ4n) is 2.59. The minimum Gasteiger partial charge on any atom is -0.352 e. The van der Waals surface area contributed by atoms with E-state index in [9.17, 15) is 14.4 Å². The third kappa shape index (κ3) is 6.59. The van der Waals surface area contributed by atoms with Crippen LogP contribution in [-0.4, -0.2) is 36.3 Å². The van der Waals surface area contributed by atoms with Crippen molar-refractivity contribution < 1.29 is 14.4 Å². The first-order valence-corrected chi connectivity index (χ1v) is 9.04. The maximum atomic E-state index is 12.5. The van der Waals surface area contributed by atoms with Gasteiger partial charge in [-0.3, -0.25) is 9.59 Å². The second-order valence-electron chi connectivity index (χ2n) is 6.48. The van der Waals surface area contributed by atoms with Gasteiger partial charge >= 0.3 is 6.03 Å². The second-order valence-corrected chi connectivity index (χ2v) is 6.92. The predicted molar refractivity (Wildman–Crippen MR) is 109 cm³/mol. The molecule has 8 heteroatoms. The Kier molecular flexibility index (Phi) is 7.40. The van der Waals surface area contributed by atoms with Crippen LogP contribution in [0.15, 0.2) is 48.5 Å². The van der Waals surface area contributed by atoms with Crippen molar-refractivity contribution in [3.8, 4) is 0 Å². The first kappa shape index (κ1) is 21.2. The van der Waals surface area contributed by atoms with E-state index in [-0.39, 0.29) is 24.8 Å². The number of nitrogens with zero attached hydrogens (tertiary/aromatic N) is 1. The van der Waals surface area contributed by atoms with Gasteiger partial charge in [-0.15, -0.1) is 0 Å². The molecule has 4 N–H and O–H groups in total. The van der Waals surface area contributed by atoms with Gasteiger partial charge in [0.1, 0.15) is 0 Å². The van der Waals surface area contributed by atoms with Gasteiger partial charge in [-0.1, -0.05) is 41.4 Å². The van der Waals surface area contributed by atoms with Crippen LogP contribution in [0, 0.1) is 6.92 Å². The van der Waals surface area contributed by atoms with Crippen molar-refractivity contribution in [2.75, 3.05) is 18.9 Å². The molecule has 2 aromatic carbocycles. The number of urea groups is 1. The Morgan fingerprint density at radius 2 is 1.68 bits per heavy atom. The fourth-order valence-corrected chi connectivity index (χ4v) is 2.72. The van der Waals surface area contributed by atoms with E-state index in [0.717, 1.165) is 5.56 Å². The van der Waals surface area contributed by atoms with Crippen LogP contribution < -0.4 is 16.4 Å². The summed E-state index contributed by atoms with van der Waals surface area (Å²) in [6, 6.07) is 12.7. The monoisotopic (exact) mass is 402 g/mol. The molecule has 28 heavy (non-hydrogen) atoms. The summed E-state index contributed by atoms with van der Waals surface area (Å²) in [7, 11) is 1.53. The molecule has 7 nitrogen and oxygen atoms in total. The summed E-state index contributed by atoms with van der Waals surface area (Å²) in [5.74, 6) is -0.627. The quantitative estimate of drug-likeness (QED) is 0.663. The third-order valence-electron chi connectivity index (χ3n) is 4.11. The molecule has 0 unspecified atom stereocenters. The van der Waals surface area contributed by atoms with Crippen LogP contribution in [-0.2, 0) is 9.59 Å². The van der Waals surface area contributed by atoms with E-state index in [1.54, 1.807) is 36.4 Å². The molecule has 4 amide bonds. The van der Waals surface area contributed by atoms with Crippen molar-refractivity contribution in [2.24, 2.45) is 5.73 Å². The molecule has 0 saturated heterocycles. The Morgan fingerprint density at radius 1 is 1.07 bits per heavy atom. The number of primary amides is 1. The number of nitrogens with one attached hydrogen (secondary N) is 2. The number of benzene rings is 2. The number of amides is 4. The fraction of sp³-hybridized carbons (Fsp3) is 0.250. The van der Waals surface area contributed by atoms with E-state index in [1.807, 2.05) is 19.1 Å². The number of rotatable bonds is 7. The normalized spacial score (nSPS) is 11.4. The summed E-state index contributed by atoms with van der Waals surface area (Å²) < 4.78 is 0. The highest BCUT2D eigenvalue weighted by Gasteiger charge is 2.21. The molecule has 2 rings (SSSR count). The minimum absolute atomic E-state index is 0.0428. The topological polar surface area (TPSA) is 105 Å². The Labute approximate surface area is 168 Å². The van der Waals surface area contributed by atoms with Gasteiger partial charge in [0.15, 0.2) is 0 Å². The lowest BCUT2D eigenvalue weighted by Gasteiger charge is -2.22. The summed E-state index contributed by atoms with van der Waals surface area (Å²) in [6.07, 6.45) is -0.0428. The molecule has 2 aromatic rings. The van der Waals surface area contributed by atoms with E-state index in [4.69, 9.17) is 17.3 Å². The zero-order valence-electron chi connectivity index (χ0n) is 15.7. The van der Waals surface area contributed by atoms with Gasteiger partial charge in [0.05, 0.1) is 19.0 Å². The molecule has 0 aliphatic carbocycles. The lowest BCUT2D eigenvalue weighted by atomic mass is 10.0. The molecule has 0 fully saturated rings. The maximum absolute atomic E-state index is 12.5. The second kappa shape index (κ2) is 9.75. The van der Waals surface area contributed by atoms with Gasteiger partial charge in [-0.25, -0.2) is 4.79 Å². The molecule has 1 atom stereocenters. The zero-order chi connectivity index (χ0) is 20.7. The van der Waals surface area contributed by atoms with E-state index in [2.05, 4.69) is 10.6 Å². The Balaban J connectivity index is 1.97. The van der Waals surface area contributed by atoms with Crippen LogP contribution in [0.25, 0.3) is 0 Å². The zero-order valence-corrected chi connectivity index (χ0v) is 16.5. The smallest absolute Gasteiger partial charge is 0.312 e. The number of anilines is 1. The largest absolute Gasteiger partial charge is 0.352 e. The number of nitrogens with two attached hydrogens (primary N) is 1. The lowest BCUT2D eigenvalue weighted by molar-refractivity contribution is -0.133. The van der Waals surface area contributed by atoms with Gasteiger partial charge in [-0.05, 0) is 36.8 Å². The highest BCUT2D eigenvalue weighted by Crippen LogP contribution is 2.20. The molecule has 0 bridgehead atoms. The van der Waals surface area contributed by atoms with Crippen LogP contribution in [0.4, 0.5) is 10.5 Å². The summed E-state index contributed by atoms with van der Waals surface area (Å²) in [4.78, 5) is 37.3. The predicted octanol–water partition coefficient (Wildman–Crippen LogP) is 2.85. The van der Waals surface area contributed by atoms with Crippen molar-refractivity contribution in [2.45, 2.75) is 19.4 Å². The summed E-state index contributed by atoms with van der Waals surface area (Å²) in [5, 5.41) is 5.83. The molecule has 0 aromatic heterocycles. The maximum Gasteiger partial charge on any atom is 0.312 e. The molecule has 0 aliphatic rings. The van der Waals surface area contributed by atoms with Gasteiger partial charge < -0.3 is 21.3 Å². The number of carbonyl (C=O) groups is 3. The van der Waals surface area contributed by atoms with Crippen molar-refractivity contribution in [1.82, 2.24) is 10.2 Å². The highest BCUT2D eigenvalue weighted by molar-refractivity contribution is 6.30. The number of likely N-dealkylation sites (N-methyl/N-ethyl adjacent to an activating group) is 1. The molecule has 0 saturated carbocycles. The Morgan fingerprint density at radius 3 is 2.25 bits per heavy atom. The number of hydrogen-bond donors (Lipinski definition) is 3. The van der Waals surface area contributed by atoms with E-state index < -0.39 is 12.1 Å². The molecular weight excluding hydrogens is 380 g/mol. The average Bonchev–Trinajstić information content (AvgIpc) is 2.63. The van der Waals surface area contributed by atoms with Crippen molar-refractivity contribution in [3.05, 3.63) is 64.7 Å². The van der Waals surface area contributed by atoms with Crippen LogP contribution in [0.1, 0.15) is 23.6 Å². The van der Waals surface area contributed by atoms with Crippen molar-refractivity contribution in [3.63, 3.8) is 0 Å². The Hall–Kier alpha value is -3.06. The Bertz CT molecular complexity index is 838. The first-order chi connectivity index (χ1) is 13.2. The number of halogens is 1. The summed E-state index contributed by atoms with van der Waals surface area (Å²) >= 11 is 5.88. The summed E-state index contributed by atoms with van der Waals surface area (Å²) in [6.45, 7) is 1.84. The standard InChI is InChI=1S/C20H23ClN4O3/c1-13-3-9-16(10-4-13)23-18(26)12-25(2)19(27)11-17(24-20(22)28)14-5-7-15(21)8-6-14/h3-10,17H,11-12H2,1-2H3,(H,23,26)(H3,22,24,28)/t17-/m1/s1. The van der Waals surface area contributed by atoms with Gasteiger partial charge in [0.25, 0.3) is 0 Å². The SMILES string of the molecule is Cc1ccc(NC(=O)CN(C)C(=O)C[C@@H](NC(N)=O)c2ccc(Cl)cc2)cc1. The van der Waals surface area contributed by atoms with E-state index >= 15 is 0 Å². The van der Waals surface area contributed by atoms with Gasteiger partial charge in [-0.2, -0.15) is 0 Å². The van der Waals surface area contributed by atoms with Crippen LogP contribution in [0.3, 0.4) is 0 Å². The number of aryl methyl sites for hydroxylation is 1. The molecule has 0 radical (unpaired) electrons. The van der Waals surface area contributed by atoms with Gasteiger partial charge in [0.2, 0.25) is 11.8 Å². The van der Waals surface area contributed by atoms with Crippen LogP contribution in [0.2, 0.25) is 5.02 Å². The van der Waals surface area contributed by atoms with E-state index in [0.29, 0.717) is 16.3 Å². The van der Waals surface area contributed by atoms with Gasteiger partial charge in [0, 0.05) is 17.8 Å². The molecular formula is C20H23ClN4O3. The molecule has 0 heterocycles. The average molecular weight is 403 g/mol. The van der Waals surface area contributed by atoms with Crippen molar-refractivity contribution >= 4 is 35.1 Å². The molecule has 0 spiro atoms. The van der Waals surface area contributed by atoms with E-state index in [1.165, 1.54) is 11.9 Å².